The number of carbonyl (C=O) groups is 1. The van der Waals surface area contributed by atoms with E-state index in [-0.39, 0.29) is 5.91 Å². The van der Waals surface area contributed by atoms with Gasteiger partial charge in [0.25, 0.3) is 0 Å². The quantitative estimate of drug-likeness (QED) is 0.865. The number of ether oxygens (including phenoxy) is 1. The first-order chi connectivity index (χ1) is 10.1. The summed E-state index contributed by atoms with van der Waals surface area (Å²) in [5.74, 6) is 0.976. The molecule has 114 valence electrons. The third-order valence-electron chi connectivity index (χ3n) is 3.43. The lowest BCUT2D eigenvalue weighted by Crippen LogP contribution is -2.51. The summed E-state index contributed by atoms with van der Waals surface area (Å²) in [6, 6.07) is 7.73. The summed E-state index contributed by atoms with van der Waals surface area (Å²) in [6.07, 6.45) is 0. The van der Waals surface area contributed by atoms with Gasteiger partial charge < -0.3 is 19.9 Å². The first kappa shape index (κ1) is 15.6. The number of benzene rings is 1. The van der Waals surface area contributed by atoms with Crippen LogP contribution in [0.3, 0.4) is 0 Å². The van der Waals surface area contributed by atoms with Gasteiger partial charge in [-0.2, -0.15) is 0 Å². The zero-order valence-corrected chi connectivity index (χ0v) is 13.3. The fraction of sp³-hybridized carbons (Fsp3) is 0.467. The minimum Gasteiger partial charge on any atom is -0.494 e. The first-order valence-electron chi connectivity index (χ1n) is 7.14. The molecule has 1 aliphatic rings. The Morgan fingerprint density at radius 2 is 1.76 bits per heavy atom. The zero-order valence-electron chi connectivity index (χ0n) is 12.5. The largest absolute Gasteiger partial charge is 0.494 e. The van der Waals surface area contributed by atoms with Crippen molar-refractivity contribution in [1.29, 1.82) is 0 Å². The van der Waals surface area contributed by atoms with Gasteiger partial charge in [0.15, 0.2) is 5.11 Å². The maximum atomic E-state index is 11.3. The van der Waals surface area contributed by atoms with Gasteiger partial charge in [0.05, 0.1) is 6.61 Å². The number of piperazine rings is 1. The summed E-state index contributed by atoms with van der Waals surface area (Å²) in [4.78, 5) is 15.2. The summed E-state index contributed by atoms with van der Waals surface area (Å²) in [5.41, 5.74) is 0.942. The lowest BCUT2D eigenvalue weighted by atomic mass is 10.3. The van der Waals surface area contributed by atoms with E-state index in [0.29, 0.717) is 11.7 Å². The van der Waals surface area contributed by atoms with Crippen molar-refractivity contribution in [3.8, 4) is 5.75 Å². The van der Waals surface area contributed by atoms with Gasteiger partial charge in [0, 0.05) is 38.8 Å². The van der Waals surface area contributed by atoms with Crippen molar-refractivity contribution in [1.82, 2.24) is 9.80 Å². The SMILES string of the molecule is CCOc1ccc(NC(=S)N2CCN(C(C)=O)CC2)cc1. The van der Waals surface area contributed by atoms with Crippen molar-refractivity contribution in [2.45, 2.75) is 13.8 Å². The molecule has 1 amide bonds. The van der Waals surface area contributed by atoms with Crippen molar-refractivity contribution in [2.24, 2.45) is 0 Å². The molecule has 6 heteroatoms. The van der Waals surface area contributed by atoms with E-state index in [4.69, 9.17) is 17.0 Å². The van der Waals surface area contributed by atoms with Crippen molar-refractivity contribution in [3.63, 3.8) is 0 Å². The minimum atomic E-state index is 0.125. The zero-order chi connectivity index (χ0) is 15.2. The fourth-order valence-electron chi connectivity index (χ4n) is 2.23. The van der Waals surface area contributed by atoms with E-state index >= 15 is 0 Å². The molecule has 0 spiro atoms. The Labute approximate surface area is 130 Å². The smallest absolute Gasteiger partial charge is 0.219 e. The molecule has 1 aromatic rings. The molecule has 1 aliphatic heterocycles. The lowest BCUT2D eigenvalue weighted by molar-refractivity contribution is -0.130. The molecule has 1 heterocycles. The van der Waals surface area contributed by atoms with Crippen LogP contribution in [0.4, 0.5) is 5.69 Å². The van der Waals surface area contributed by atoms with Crippen molar-refractivity contribution < 1.29 is 9.53 Å². The van der Waals surface area contributed by atoms with Crippen LogP contribution in [-0.2, 0) is 4.79 Å². The molecule has 2 rings (SSSR count). The van der Waals surface area contributed by atoms with Crippen LogP contribution in [-0.4, -0.2) is 53.6 Å². The first-order valence-corrected chi connectivity index (χ1v) is 7.55. The van der Waals surface area contributed by atoms with Gasteiger partial charge in [-0.3, -0.25) is 4.79 Å². The molecule has 0 unspecified atom stereocenters. The minimum absolute atomic E-state index is 0.125. The van der Waals surface area contributed by atoms with Gasteiger partial charge in [-0.1, -0.05) is 0 Å². The predicted molar refractivity (Wildman–Crippen MR) is 87.7 cm³/mol. The van der Waals surface area contributed by atoms with Crippen LogP contribution in [0.5, 0.6) is 5.75 Å². The fourth-order valence-corrected chi connectivity index (χ4v) is 2.53. The lowest BCUT2D eigenvalue weighted by Gasteiger charge is -2.35. The molecule has 21 heavy (non-hydrogen) atoms. The van der Waals surface area contributed by atoms with E-state index in [1.807, 2.05) is 36.1 Å². The molecular weight excluding hydrogens is 286 g/mol. The molecule has 0 aromatic heterocycles. The molecular formula is C15H21N3O2S. The normalized spacial score (nSPS) is 14.8. The topological polar surface area (TPSA) is 44.8 Å². The number of carbonyl (C=O) groups excluding carboxylic acids is 1. The van der Waals surface area contributed by atoms with E-state index in [1.54, 1.807) is 6.92 Å². The maximum absolute atomic E-state index is 11.3. The Morgan fingerprint density at radius 1 is 1.19 bits per heavy atom. The summed E-state index contributed by atoms with van der Waals surface area (Å²) >= 11 is 5.42. The van der Waals surface area contributed by atoms with Gasteiger partial charge in [0.1, 0.15) is 5.75 Å². The highest BCUT2D eigenvalue weighted by atomic mass is 32.1. The molecule has 0 aliphatic carbocycles. The van der Waals surface area contributed by atoms with Crippen LogP contribution in [0.1, 0.15) is 13.8 Å². The number of nitrogens with zero attached hydrogens (tertiary/aromatic N) is 2. The Hall–Kier alpha value is -1.82. The highest BCUT2D eigenvalue weighted by Gasteiger charge is 2.20. The highest BCUT2D eigenvalue weighted by Crippen LogP contribution is 2.16. The van der Waals surface area contributed by atoms with Crippen LogP contribution in [0.25, 0.3) is 0 Å². The van der Waals surface area contributed by atoms with E-state index in [0.717, 1.165) is 37.6 Å². The van der Waals surface area contributed by atoms with Crippen LogP contribution in [0.15, 0.2) is 24.3 Å². The molecule has 0 atom stereocenters. The molecule has 0 saturated carbocycles. The van der Waals surface area contributed by atoms with Gasteiger partial charge in [-0.25, -0.2) is 0 Å². The second-order valence-electron chi connectivity index (χ2n) is 4.88. The number of amides is 1. The molecule has 1 aromatic carbocycles. The summed E-state index contributed by atoms with van der Waals surface area (Å²) < 4.78 is 5.41. The van der Waals surface area contributed by atoms with E-state index < -0.39 is 0 Å². The molecule has 1 saturated heterocycles. The second-order valence-corrected chi connectivity index (χ2v) is 5.27. The maximum Gasteiger partial charge on any atom is 0.219 e. The van der Waals surface area contributed by atoms with Crippen LogP contribution < -0.4 is 10.1 Å². The van der Waals surface area contributed by atoms with Gasteiger partial charge >= 0.3 is 0 Å². The standard InChI is InChI=1S/C15H21N3O2S/c1-3-20-14-6-4-13(5-7-14)16-15(21)18-10-8-17(9-11-18)12(2)19/h4-7H,3,8-11H2,1-2H3,(H,16,21). The van der Waals surface area contributed by atoms with E-state index in [1.165, 1.54) is 0 Å². The molecule has 0 bridgehead atoms. The average molecular weight is 307 g/mol. The Balaban J connectivity index is 1.85. The number of thiocarbonyl (C=S) groups is 1. The van der Waals surface area contributed by atoms with Crippen LogP contribution in [0.2, 0.25) is 0 Å². The molecule has 1 N–H and O–H groups in total. The third-order valence-corrected chi connectivity index (χ3v) is 3.79. The van der Waals surface area contributed by atoms with Crippen LogP contribution >= 0.6 is 12.2 Å². The monoisotopic (exact) mass is 307 g/mol. The number of anilines is 1. The highest BCUT2D eigenvalue weighted by molar-refractivity contribution is 7.80. The summed E-state index contributed by atoms with van der Waals surface area (Å²) in [5, 5.41) is 3.92. The summed E-state index contributed by atoms with van der Waals surface area (Å²) in [6.45, 7) is 7.20. The Kier molecular flexibility index (Phi) is 5.38. The molecule has 1 fully saturated rings. The van der Waals surface area contributed by atoms with E-state index in [9.17, 15) is 4.79 Å². The average Bonchev–Trinajstić information content (AvgIpc) is 2.49. The van der Waals surface area contributed by atoms with Crippen molar-refractivity contribution in [2.75, 3.05) is 38.1 Å². The van der Waals surface area contributed by atoms with Gasteiger partial charge in [-0.15, -0.1) is 0 Å². The Bertz CT molecular complexity index is 496. The van der Waals surface area contributed by atoms with Gasteiger partial charge in [-0.05, 0) is 43.4 Å². The van der Waals surface area contributed by atoms with Gasteiger partial charge in [0.2, 0.25) is 5.91 Å². The third kappa shape index (κ3) is 4.32. The number of nitrogens with one attached hydrogen (secondary N) is 1. The van der Waals surface area contributed by atoms with Crippen molar-refractivity contribution >= 4 is 28.9 Å². The molecule has 0 radical (unpaired) electrons. The second kappa shape index (κ2) is 7.26. The summed E-state index contributed by atoms with van der Waals surface area (Å²) in [7, 11) is 0. The Morgan fingerprint density at radius 3 is 2.29 bits per heavy atom. The van der Waals surface area contributed by atoms with Crippen molar-refractivity contribution in [3.05, 3.63) is 24.3 Å². The number of hydrogen-bond donors (Lipinski definition) is 1. The van der Waals surface area contributed by atoms with E-state index in [2.05, 4.69) is 10.2 Å². The molecule has 5 nitrogen and oxygen atoms in total. The van der Waals surface area contributed by atoms with Crippen LogP contribution in [0, 0.1) is 0 Å². The number of rotatable bonds is 3. The predicted octanol–water partition coefficient (Wildman–Crippen LogP) is 1.95. The number of hydrogen-bond acceptors (Lipinski definition) is 3.